The molecular formula is C15H26N4OS. The number of amides is 1. The second kappa shape index (κ2) is 7.64. The van der Waals surface area contributed by atoms with E-state index in [9.17, 15) is 4.79 Å². The highest BCUT2D eigenvalue weighted by Crippen LogP contribution is 2.30. The number of nitrogens with two attached hydrogens (primary N) is 1. The molecule has 0 saturated heterocycles. The van der Waals surface area contributed by atoms with Crippen LogP contribution in [0.4, 0.5) is 10.9 Å². The molecule has 0 spiro atoms. The van der Waals surface area contributed by atoms with Crippen LogP contribution in [0.5, 0.6) is 0 Å². The van der Waals surface area contributed by atoms with Crippen molar-refractivity contribution in [2.24, 2.45) is 11.8 Å². The fourth-order valence-corrected chi connectivity index (χ4v) is 3.75. The molecule has 1 aliphatic rings. The van der Waals surface area contributed by atoms with Crippen LogP contribution >= 0.6 is 11.3 Å². The Labute approximate surface area is 130 Å². The highest BCUT2D eigenvalue weighted by Gasteiger charge is 2.22. The number of carbonyl (C=O) groups is 1. The van der Waals surface area contributed by atoms with E-state index < -0.39 is 0 Å². The average Bonchev–Trinajstić information content (AvgIpc) is 2.86. The molecule has 0 radical (unpaired) electrons. The van der Waals surface area contributed by atoms with Gasteiger partial charge in [0, 0.05) is 13.1 Å². The van der Waals surface area contributed by atoms with E-state index in [1.807, 2.05) is 6.92 Å². The summed E-state index contributed by atoms with van der Waals surface area (Å²) in [6.45, 7) is 5.78. The summed E-state index contributed by atoms with van der Waals surface area (Å²) in [6, 6.07) is 0. The number of nitrogen functional groups attached to an aromatic ring is 1. The van der Waals surface area contributed by atoms with Gasteiger partial charge in [0.1, 0.15) is 10.7 Å². The third-order valence-corrected chi connectivity index (χ3v) is 5.31. The number of hydrogen-bond donors (Lipinski definition) is 3. The van der Waals surface area contributed by atoms with Crippen molar-refractivity contribution in [2.75, 3.05) is 24.1 Å². The van der Waals surface area contributed by atoms with E-state index in [-0.39, 0.29) is 5.91 Å². The van der Waals surface area contributed by atoms with Crippen molar-refractivity contribution in [3.05, 3.63) is 4.88 Å². The Kier molecular flexibility index (Phi) is 5.85. The topological polar surface area (TPSA) is 80.0 Å². The first-order chi connectivity index (χ1) is 10.1. The van der Waals surface area contributed by atoms with Crippen LogP contribution < -0.4 is 16.4 Å². The number of anilines is 2. The Morgan fingerprint density at radius 3 is 2.57 bits per heavy atom. The highest BCUT2D eigenvalue weighted by molar-refractivity contribution is 7.18. The minimum Gasteiger partial charge on any atom is -0.382 e. The third kappa shape index (κ3) is 4.33. The summed E-state index contributed by atoms with van der Waals surface area (Å²) in [5.74, 6) is 1.73. The molecule has 1 amide bonds. The lowest BCUT2D eigenvalue weighted by Crippen LogP contribution is -2.31. The molecule has 6 heteroatoms. The van der Waals surface area contributed by atoms with E-state index >= 15 is 0 Å². The Bertz CT molecular complexity index is 466. The highest BCUT2D eigenvalue weighted by atomic mass is 32.1. The van der Waals surface area contributed by atoms with Gasteiger partial charge in [0.05, 0.1) is 0 Å². The van der Waals surface area contributed by atoms with E-state index in [1.165, 1.54) is 43.4 Å². The lowest BCUT2D eigenvalue weighted by atomic mass is 9.81. The maximum atomic E-state index is 12.2. The van der Waals surface area contributed by atoms with Gasteiger partial charge in [-0.1, -0.05) is 37.5 Å². The molecular weight excluding hydrogens is 284 g/mol. The largest absolute Gasteiger partial charge is 0.382 e. The Balaban J connectivity index is 1.82. The van der Waals surface area contributed by atoms with Gasteiger partial charge in [-0.25, -0.2) is 4.98 Å². The minimum atomic E-state index is -0.0910. The molecule has 1 fully saturated rings. The fourth-order valence-electron chi connectivity index (χ4n) is 2.88. The zero-order chi connectivity index (χ0) is 15.2. The molecule has 0 aromatic carbocycles. The fraction of sp³-hybridized carbons (Fsp3) is 0.733. The standard InChI is InChI=1S/C15H26N4OS/c1-3-10-5-7-11(8-6-10)9-18-14(20)12-13(16)19-15(21-12)17-4-2/h10-11H,3-9,16H2,1-2H3,(H,17,19)(H,18,20). The zero-order valence-corrected chi connectivity index (χ0v) is 13.8. The minimum absolute atomic E-state index is 0.0910. The van der Waals surface area contributed by atoms with Crippen molar-refractivity contribution in [1.29, 1.82) is 0 Å². The van der Waals surface area contributed by atoms with Crippen molar-refractivity contribution in [3.63, 3.8) is 0 Å². The summed E-state index contributed by atoms with van der Waals surface area (Å²) >= 11 is 1.32. The van der Waals surface area contributed by atoms with Crippen molar-refractivity contribution in [2.45, 2.75) is 46.0 Å². The van der Waals surface area contributed by atoms with Gasteiger partial charge in [0.15, 0.2) is 5.13 Å². The average molecular weight is 310 g/mol. The smallest absolute Gasteiger partial charge is 0.265 e. The number of rotatable bonds is 6. The normalized spacial score (nSPS) is 22.0. The van der Waals surface area contributed by atoms with Crippen LogP contribution in [-0.4, -0.2) is 24.0 Å². The van der Waals surface area contributed by atoms with E-state index in [1.54, 1.807) is 0 Å². The molecule has 0 unspecified atom stereocenters. The number of hydrogen-bond acceptors (Lipinski definition) is 5. The third-order valence-electron chi connectivity index (χ3n) is 4.28. The number of nitrogens with one attached hydrogen (secondary N) is 2. The molecule has 4 N–H and O–H groups in total. The first-order valence-corrected chi connectivity index (χ1v) is 8.74. The second-order valence-corrected chi connectivity index (χ2v) is 6.77. The quantitative estimate of drug-likeness (QED) is 0.754. The van der Waals surface area contributed by atoms with Crippen LogP contribution in [0, 0.1) is 11.8 Å². The Hall–Kier alpha value is -1.30. The lowest BCUT2D eigenvalue weighted by Gasteiger charge is -2.27. The lowest BCUT2D eigenvalue weighted by molar-refractivity contribution is 0.0946. The Morgan fingerprint density at radius 2 is 1.95 bits per heavy atom. The van der Waals surface area contributed by atoms with Gasteiger partial charge in [0.2, 0.25) is 0 Å². The van der Waals surface area contributed by atoms with Gasteiger partial charge in [-0.05, 0) is 31.6 Å². The van der Waals surface area contributed by atoms with Crippen LogP contribution in [0.25, 0.3) is 0 Å². The first kappa shape index (κ1) is 16.1. The molecule has 0 bridgehead atoms. The first-order valence-electron chi connectivity index (χ1n) is 7.92. The molecule has 1 heterocycles. The van der Waals surface area contributed by atoms with Gasteiger partial charge >= 0.3 is 0 Å². The summed E-state index contributed by atoms with van der Waals surface area (Å²) in [5.41, 5.74) is 5.82. The van der Waals surface area contributed by atoms with Gasteiger partial charge in [-0.3, -0.25) is 4.79 Å². The summed E-state index contributed by atoms with van der Waals surface area (Å²) < 4.78 is 0. The van der Waals surface area contributed by atoms with Crippen LogP contribution in [0.3, 0.4) is 0 Å². The molecule has 1 saturated carbocycles. The summed E-state index contributed by atoms with van der Waals surface area (Å²) in [6.07, 6.45) is 6.32. The number of aromatic nitrogens is 1. The molecule has 0 atom stereocenters. The molecule has 1 aromatic heterocycles. The summed E-state index contributed by atoms with van der Waals surface area (Å²) in [5, 5.41) is 6.82. The maximum Gasteiger partial charge on any atom is 0.265 e. The van der Waals surface area contributed by atoms with Gasteiger partial charge in [-0.2, -0.15) is 0 Å². The summed E-state index contributed by atoms with van der Waals surface area (Å²) in [7, 11) is 0. The molecule has 1 aliphatic carbocycles. The summed E-state index contributed by atoms with van der Waals surface area (Å²) in [4.78, 5) is 16.9. The predicted molar refractivity (Wildman–Crippen MR) is 88.8 cm³/mol. The molecule has 21 heavy (non-hydrogen) atoms. The SMILES string of the molecule is CCNc1nc(N)c(C(=O)NCC2CCC(CC)CC2)s1. The van der Waals surface area contributed by atoms with Crippen molar-refractivity contribution in [3.8, 4) is 0 Å². The molecule has 2 rings (SSSR count). The molecule has 1 aromatic rings. The second-order valence-electron chi connectivity index (χ2n) is 5.77. The van der Waals surface area contributed by atoms with E-state index in [2.05, 4.69) is 22.5 Å². The van der Waals surface area contributed by atoms with Crippen LogP contribution in [0.1, 0.15) is 55.6 Å². The van der Waals surface area contributed by atoms with E-state index in [0.717, 1.165) is 19.0 Å². The monoisotopic (exact) mass is 310 g/mol. The Morgan fingerprint density at radius 1 is 1.29 bits per heavy atom. The van der Waals surface area contributed by atoms with Crippen molar-refractivity contribution >= 4 is 28.2 Å². The van der Waals surface area contributed by atoms with E-state index in [0.29, 0.717) is 21.7 Å². The van der Waals surface area contributed by atoms with Gasteiger partial charge in [0.25, 0.3) is 5.91 Å². The van der Waals surface area contributed by atoms with Crippen LogP contribution in [0.2, 0.25) is 0 Å². The van der Waals surface area contributed by atoms with Gasteiger partial charge < -0.3 is 16.4 Å². The maximum absolute atomic E-state index is 12.2. The van der Waals surface area contributed by atoms with Gasteiger partial charge in [-0.15, -0.1) is 0 Å². The molecule has 118 valence electrons. The predicted octanol–water partition coefficient (Wildman–Crippen LogP) is 3.10. The number of thiazole rings is 1. The van der Waals surface area contributed by atoms with E-state index in [4.69, 9.17) is 5.73 Å². The number of nitrogens with zero attached hydrogens (tertiary/aromatic N) is 1. The number of carbonyl (C=O) groups excluding carboxylic acids is 1. The zero-order valence-electron chi connectivity index (χ0n) is 12.9. The molecule has 0 aliphatic heterocycles. The van der Waals surface area contributed by atoms with Crippen molar-refractivity contribution < 1.29 is 4.79 Å². The molecule has 5 nitrogen and oxygen atoms in total. The van der Waals surface area contributed by atoms with Crippen LogP contribution in [0.15, 0.2) is 0 Å². The van der Waals surface area contributed by atoms with Crippen LogP contribution in [-0.2, 0) is 0 Å². The van der Waals surface area contributed by atoms with Crippen molar-refractivity contribution in [1.82, 2.24) is 10.3 Å².